The molecule has 3 fully saturated rings. The Bertz CT molecular complexity index is 1170. The van der Waals surface area contributed by atoms with Crippen molar-refractivity contribution in [1.82, 2.24) is 19.2 Å². The fourth-order valence-corrected chi connectivity index (χ4v) is 5.79. The average molecular weight is 482 g/mol. The number of halogens is 3. The molecule has 2 saturated heterocycles. The molecular formula is C21H21F3N4O4S. The van der Waals surface area contributed by atoms with Crippen molar-refractivity contribution in [3.63, 3.8) is 0 Å². The number of rotatable bonds is 5. The van der Waals surface area contributed by atoms with Crippen molar-refractivity contribution >= 4 is 15.9 Å². The van der Waals surface area contributed by atoms with E-state index in [1.165, 1.54) is 6.20 Å². The molecule has 12 heteroatoms. The van der Waals surface area contributed by atoms with Crippen LogP contribution in [0.25, 0.3) is 0 Å². The van der Waals surface area contributed by atoms with E-state index >= 15 is 0 Å². The smallest absolute Gasteiger partial charge is 0.416 e. The van der Waals surface area contributed by atoms with Crippen molar-refractivity contribution in [2.24, 2.45) is 0 Å². The molecule has 2 aromatic rings. The summed E-state index contributed by atoms with van der Waals surface area (Å²) in [7, 11) is -4.15. The van der Waals surface area contributed by atoms with Crippen molar-refractivity contribution in [1.29, 1.82) is 0 Å². The molecule has 0 radical (unpaired) electrons. The molecule has 5 rings (SSSR count). The maximum Gasteiger partial charge on any atom is 0.416 e. The van der Waals surface area contributed by atoms with Crippen molar-refractivity contribution < 1.29 is 31.1 Å². The predicted molar refractivity (Wildman–Crippen MR) is 109 cm³/mol. The largest absolute Gasteiger partial charge is 0.463 e. The van der Waals surface area contributed by atoms with Gasteiger partial charge in [-0.15, -0.1) is 0 Å². The molecule has 2 atom stereocenters. The maximum atomic E-state index is 13.0. The Balaban J connectivity index is 1.28. The van der Waals surface area contributed by atoms with Gasteiger partial charge in [0, 0.05) is 38.0 Å². The molecule has 2 aliphatic heterocycles. The molecule has 8 nitrogen and oxygen atoms in total. The van der Waals surface area contributed by atoms with Crippen LogP contribution in [0, 0.1) is 0 Å². The molecule has 176 valence electrons. The van der Waals surface area contributed by atoms with Gasteiger partial charge in [0.1, 0.15) is 0 Å². The van der Waals surface area contributed by atoms with Crippen LogP contribution in [-0.2, 0) is 21.0 Å². The van der Waals surface area contributed by atoms with E-state index in [0.717, 1.165) is 41.0 Å². The lowest BCUT2D eigenvalue weighted by Crippen LogP contribution is -2.53. The minimum Gasteiger partial charge on any atom is -0.463 e. The molecular weight excluding hydrogens is 461 g/mol. The molecule has 0 bridgehead atoms. The van der Waals surface area contributed by atoms with Gasteiger partial charge in [-0.1, -0.05) is 6.07 Å². The van der Waals surface area contributed by atoms with Crippen LogP contribution in [0.3, 0.4) is 0 Å². The summed E-state index contributed by atoms with van der Waals surface area (Å²) in [6, 6.07) is 3.25. The third-order valence-electron chi connectivity index (χ3n) is 6.20. The second-order valence-corrected chi connectivity index (χ2v) is 10.4. The molecule has 3 aliphatic rings. The van der Waals surface area contributed by atoms with Crippen molar-refractivity contribution in [2.45, 2.75) is 48.4 Å². The van der Waals surface area contributed by atoms with E-state index in [0.29, 0.717) is 12.0 Å². The van der Waals surface area contributed by atoms with E-state index in [4.69, 9.17) is 4.74 Å². The third-order valence-corrected chi connectivity index (χ3v) is 8.06. The second-order valence-electron chi connectivity index (χ2n) is 8.47. The molecule has 0 N–H and O–H groups in total. The highest BCUT2D eigenvalue weighted by molar-refractivity contribution is 7.89. The number of piperazine rings is 1. The van der Waals surface area contributed by atoms with Gasteiger partial charge >= 0.3 is 6.18 Å². The van der Waals surface area contributed by atoms with Crippen LogP contribution in [-0.4, -0.2) is 65.3 Å². The number of carbonyl (C=O) groups is 1. The average Bonchev–Trinajstić information content (AvgIpc) is 3.59. The zero-order chi connectivity index (χ0) is 23.4. The SMILES string of the molecule is O=C1[C@@H](Oc2cnc(C3CC3)cn2)C[C@H]2CN(S(=O)(=O)c3cccc(C(F)(F)F)c3)CCN12. The van der Waals surface area contributed by atoms with Gasteiger partial charge in [0.15, 0.2) is 6.10 Å². The topological polar surface area (TPSA) is 92.7 Å². The Labute approximate surface area is 188 Å². The fourth-order valence-electron chi connectivity index (χ4n) is 4.27. The number of hydrogen-bond acceptors (Lipinski definition) is 6. The summed E-state index contributed by atoms with van der Waals surface area (Å²) < 4.78 is 72.0. The summed E-state index contributed by atoms with van der Waals surface area (Å²) in [6.07, 6.45) is 0.101. The standard InChI is InChI=1S/C21H21F3N4O4S/c22-21(23,24)14-2-1-3-16(8-14)33(30,31)27-6-7-28-15(12-27)9-18(20(28)29)32-19-11-25-17(10-26-19)13-4-5-13/h1-3,8,10-11,13,15,18H,4-7,9,12H2/t15-,18-/m0/s1. The monoisotopic (exact) mass is 482 g/mol. The summed E-state index contributed by atoms with van der Waals surface area (Å²) in [4.78, 5) is 22.5. The van der Waals surface area contributed by atoms with E-state index in [9.17, 15) is 26.4 Å². The maximum absolute atomic E-state index is 13.0. The van der Waals surface area contributed by atoms with Gasteiger partial charge in [0.2, 0.25) is 15.9 Å². The van der Waals surface area contributed by atoms with E-state index in [-0.39, 0.29) is 37.8 Å². The Hall–Kier alpha value is -2.73. The minimum absolute atomic E-state index is 0.0105. The molecule has 1 saturated carbocycles. The van der Waals surface area contributed by atoms with Crippen molar-refractivity contribution in [2.75, 3.05) is 19.6 Å². The summed E-state index contributed by atoms with van der Waals surface area (Å²) in [5.41, 5.74) is -0.131. The van der Waals surface area contributed by atoms with Gasteiger partial charge in [-0.2, -0.15) is 17.5 Å². The highest BCUT2D eigenvalue weighted by Gasteiger charge is 2.46. The van der Waals surface area contributed by atoms with Crippen molar-refractivity contribution in [3.8, 4) is 5.88 Å². The van der Waals surface area contributed by atoms with Crippen LogP contribution in [0.5, 0.6) is 5.88 Å². The van der Waals surface area contributed by atoms with Crippen LogP contribution in [0.1, 0.15) is 36.4 Å². The fraction of sp³-hybridized carbons (Fsp3) is 0.476. The number of ether oxygens (including phenoxy) is 1. The molecule has 0 spiro atoms. The molecule has 1 aliphatic carbocycles. The van der Waals surface area contributed by atoms with Crippen LogP contribution < -0.4 is 4.74 Å². The summed E-state index contributed by atoms with van der Waals surface area (Å²) in [6.45, 7) is 0.105. The summed E-state index contributed by atoms with van der Waals surface area (Å²) >= 11 is 0. The van der Waals surface area contributed by atoms with Gasteiger partial charge in [-0.05, 0) is 31.0 Å². The van der Waals surface area contributed by atoms with Gasteiger partial charge < -0.3 is 9.64 Å². The molecule has 3 heterocycles. The number of nitrogens with zero attached hydrogens (tertiary/aromatic N) is 4. The first-order chi connectivity index (χ1) is 15.6. The van der Waals surface area contributed by atoms with E-state index < -0.39 is 38.8 Å². The highest BCUT2D eigenvalue weighted by Crippen LogP contribution is 2.39. The van der Waals surface area contributed by atoms with E-state index in [1.54, 1.807) is 11.1 Å². The zero-order valence-electron chi connectivity index (χ0n) is 17.4. The number of alkyl halides is 3. The van der Waals surface area contributed by atoms with E-state index in [2.05, 4.69) is 9.97 Å². The van der Waals surface area contributed by atoms with Crippen LogP contribution >= 0.6 is 0 Å². The van der Waals surface area contributed by atoms with E-state index in [1.807, 2.05) is 0 Å². The summed E-state index contributed by atoms with van der Waals surface area (Å²) in [5.74, 6) is 0.411. The second kappa shape index (κ2) is 7.94. The Morgan fingerprint density at radius 3 is 2.55 bits per heavy atom. The predicted octanol–water partition coefficient (Wildman–Crippen LogP) is 2.43. The minimum atomic E-state index is -4.65. The van der Waals surface area contributed by atoms with Crippen LogP contribution in [0.2, 0.25) is 0 Å². The quantitative estimate of drug-likeness (QED) is 0.650. The number of aromatic nitrogens is 2. The lowest BCUT2D eigenvalue weighted by Gasteiger charge is -2.36. The number of benzene rings is 1. The van der Waals surface area contributed by atoms with Crippen LogP contribution in [0.4, 0.5) is 13.2 Å². The normalized spacial score (nSPS) is 24.1. The number of hydrogen-bond donors (Lipinski definition) is 0. The summed E-state index contributed by atoms with van der Waals surface area (Å²) in [5, 5.41) is 0. The lowest BCUT2D eigenvalue weighted by atomic mass is 10.2. The number of sulfonamides is 1. The molecule has 1 aromatic heterocycles. The lowest BCUT2D eigenvalue weighted by molar-refractivity contribution is -0.138. The number of amides is 1. The number of carbonyl (C=O) groups excluding carboxylic acids is 1. The zero-order valence-corrected chi connectivity index (χ0v) is 18.2. The Morgan fingerprint density at radius 1 is 1.09 bits per heavy atom. The van der Waals surface area contributed by atoms with Gasteiger partial charge in [-0.25, -0.2) is 13.4 Å². The molecule has 33 heavy (non-hydrogen) atoms. The number of fused-ring (bicyclic) bond motifs is 1. The molecule has 1 amide bonds. The third kappa shape index (κ3) is 4.29. The first kappa shape index (κ1) is 22.1. The Morgan fingerprint density at radius 2 is 1.88 bits per heavy atom. The molecule has 0 unspecified atom stereocenters. The molecule has 1 aromatic carbocycles. The van der Waals surface area contributed by atoms with Gasteiger partial charge in [-0.3, -0.25) is 9.78 Å². The van der Waals surface area contributed by atoms with Gasteiger partial charge in [0.05, 0.1) is 28.5 Å². The highest BCUT2D eigenvalue weighted by atomic mass is 32.2. The Kier molecular flexibility index (Phi) is 5.31. The first-order valence-corrected chi connectivity index (χ1v) is 12.0. The first-order valence-electron chi connectivity index (χ1n) is 10.6. The van der Waals surface area contributed by atoms with Gasteiger partial charge in [0.25, 0.3) is 5.91 Å². The van der Waals surface area contributed by atoms with Crippen molar-refractivity contribution in [3.05, 3.63) is 47.9 Å². The van der Waals surface area contributed by atoms with Crippen LogP contribution in [0.15, 0.2) is 41.6 Å².